The molecule has 2 saturated heterocycles. The van der Waals surface area contributed by atoms with Crippen molar-refractivity contribution in [1.29, 1.82) is 0 Å². The van der Waals surface area contributed by atoms with Crippen LogP contribution in [0.25, 0.3) is 0 Å². The maximum atomic E-state index is 12.5. The van der Waals surface area contributed by atoms with Gasteiger partial charge < -0.3 is 9.80 Å². The zero-order chi connectivity index (χ0) is 15.8. The van der Waals surface area contributed by atoms with Crippen molar-refractivity contribution < 1.29 is 4.79 Å². The molecule has 4 rings (SSSR count). The summed E-state index contributed by atoms with van der Waals surface area (Å²) in [6.45, 7) is 2.89. The molecule has 3 heterocycles. The number of aryl methyl sites for hydroxylation is 1. The smallest absolute Gasteiger partial charge is 0.227 e. The van der Waals surface area contributed by atoms with E-state index < -0.39 is 0 Å². The van der Waals surface area contributed by atoms with E-state index in [1.54, 1.807) is 0 Å². The summed E-state index contributed by atoms with van der Waals surface area (Å²) in [6, 6.07) is 10.5. The van der Waals surface area contributed by atoms with Gasteiger partial charge in [0, 0.05) is 31.0 Å². The lowest BCUT2D eigenvalue weighted by molar-refractivity contribution is -0.120. The zero-order valence-electron chi connectivity index (χ0n) is 13.2. The number of aromatic nitrogens is 2. The maximum absolute atomic E-state index is 12.5. The molecular weight excluding hydrogens is 288 g/mol. The summed E-state index contributed by atoms with van der Waals surface area (Å²) in [5.41, 5.74) is 2.06. The first kappa shape index (κ1) is 14.2. The van der Waals surface area contributed by atoms with Crippen LogP contribution in [0.5, 0.6) is 0 Å². The molecule has 1 amide bonds. The predicted molar refractivity (Wildman–Crippen MR) is 89.5 cm³/mol. The number of para-hydroxylation sites is 1. The fourth-order valence-electron chi connectivity index (χ4n) is 3.77. The molecule has 23 heavy (non-hydrogen) atoms. The summed E-state index contributed by atoms with van der Waals surface area (Å²) >= 11 is 0. The number of piperidine rings is 1. The highest BCUT2D eigenvalue weighted by molar-refractivity contribution is 5.95. The summed E-state index contributed by atoms with van der Waals surface area (Å²) in [4.78, 5) is 25.7. The summed E-state index contributed by atoms with van der Waals surface area (Å²) in [7, 11) is 0. The zero-order valence-corrected chi connectivity index (χ0v) is 13.2. The van der Waals surface area contributed by atoms with Gasteiger partial charge in [0.05, 0.1) is 12.1 Å². The van der Waals surface area contributed by atoms with Crippen molar-refractivity contribution in [2.75, 3.05) is 16.3 Å². The van der Waals surface area contributed by atoms with E-state index in [0.29, 0.717) is 12.5 Å². The average molecular weight is 308 g/mol. The van der Waals surface area contributed by atoms with Gasteiger partial charge in [0.25, 0.3) is 0 Å². The SMILES string of the molecule is Cc1cnc(N2CC[C@H]3[C@@H]2CCC(=O)N3c2ccccc2)nc1. The molecule has 0 spiro atoms. The molecule has 0 radical (unpaired) electrons. The standard InChI is InChI=1S/C18H20N4O/c1-13-11-19-18(20-12-13)21-10-9-16-15(21)7-8-17(23)22(16)14-5-3-2-4-6-14/h2-6,11-12,15-16H,7-10H2,1H3/t15-,16-/m0/s1. The molecule has 5 heteroatoms. The quantitative estimate of drug-likeness (QED) is 0.855. The van der Waals surface area contributed by atoms with Crippen LogP contribution in [-0.2, 0) is 4.79 Å². The van der Waals surface area contributed by atoms with Gasteiger partial charge in [-0.3, -0.25) is 4.79 Å². The van der Waals surface area contributed by atoms with Gasteiger partial charge in [0.15, 0.2) is 0 Å². The maximum Gasteiger partial charge on any atom is 0.227 e. The van der Waals surface area contributed by atoms with Crippen LogP contribution in [0.3, 0.4) is 0 Å². The number of fused-ring (bicyclic) bond motifs is 1. The number of hydrogen-bond donors (Lipinski definition) is 0. The number of carbonyl (C=O) groups excluding carboxylic acids is 1. The van der Waals surface area contributed by atoms with Crippen LogP contribution < -0.4 is 9.80 Å². The Bertz CT molecular complexity index is 701. The number of anilines is 2. The molecular formula is C18H20N4O. The molecule has 2 aliphatic rings. The normalized spacial score (nSPS) is 24.0. The minimum atomic E-state index is 0.212. The van der Waals surface area contributed by atoms with Crippen molar-refractivity contribution in [3.05, 3.63) is 48.3 Å². The third-order valence-corrected chi connectivity index (χ3v) is 4.82. The molecule has 2 fully saturated rings. The number of nitrogens with zero attached hydrogens (tertiary/aromatic N) is 4. The Labute approximate surface area is 136 Å². The van der Waals surface area contributed by atoms with Gasteiger partial charge in [-0.1, -0.05) is 18.2 Å². The highest BCUT2D eigenvalue weighted by Crippen LogP contribution is 2.36. The van der Waals surface area contributed by atoms with E-state index in [0.717, 1.165) is 36.6 Å². The van der Waals surface area contributed by atoms with Gasteiger partial charge in [-0.15, -0.1) is 0 Å². The van der Waals surface area contributed by atoms with Crippen molar-refractivity contribution in [1.82, 2.24) is 9.97 Å². The van der Waals surface area contributed by atoms with Gasteiger partial charge in [0.1, 0.15) is 0 Å². The van der Waals surface area contributed by atoms with Gasteiger partial charge in [-0.05, 0) is 37.5 Å². The van der Waals surface area contributed by atoms with E-state index in [4.69, 9.17) is 0 Å². The number of amides is 1. The second-order valence-corrected chi connectivity index (χ2v) is 6.32. The number of benzene rings is 1. The van der Waals surface area contributed by atoms with E-state index in [-0.39, 0.29) is 11.9 Å². The molecule has 1 aromatic heterocycles. The number of rotatable bonds is 2. The lowest BCUT2D eigenvalue weighted by atomic mass is 9.95. The lowest BCUT2D eigenvalue weighted by Gasteiger charge is -2.39. The van der Waals surface area contributed by atoms with Crippen LogP contribution >= 0.6 is 0 Å². The first-order valence-corrected chi connectivity index (χ1v) is 8.16. The molecule has 5 nitrogen and oxygen atoms in total. The van der Waals surface area contributed by atoms with Crippen LogP contribution in [-0.4, -0.2) is 34.5 Å². The molecule has 2 aliphatic heterocycles. The Morgan fingerprint density at radius 1 is 1.04 bits per heavy atom. The second kappa shape index (κ2) is 5.65. The summed E-state index contributed by atoms with van der Waals surface area (Å²) < 4.78 is 0. The Balaban J connectivity index is 1.64. The van der Waals surface area contributed by atoms with Gasteiger partial charge in [0.2, 0.25) is 11.9 Å². The van der Waals surface area contributed by atoms with Crippen molar-refractivity contribution in [2.24, 2.45) is 0 Å². The minimum Gasteiger partial charge on any atom is -0.336 e. The number of hydrogen-bond acceptors (Lipinski definition) is 4. The molecule has 1 aromatic carbocycles. The Hall–Kier alpha value is -2.43. The first-order valence-electron chi connectivity index (χ1n) is 8.16. The van der Waals surface area contributed by atoms with Crippen molar-refractivity contribution in [3.63, 3.8) is 0 Å². The van der Waals surface area contributed by atoms with Crippen molar-refractivity contribution in [2.45, 2.75) is 38.3 Å². The molecule has 2 aromatic rings. The van der Waals surface area contributed by atoms with E-state index in [9.17, 15) is 4.79 Å². The fourth-order valence-corrected chi connectivity index (χ4v) is 3.77. The highest BCUT2D eigenvalue weighted by Gasteiger charge is 2.44. The first-order chi connectivity index (χ1) is 11.2. The lowest BCUT2D eigenvalue weighted by Crippen LogP contribution is -2.52. The highest BCUT2D eigenvalue weighted by atomic mass is 16.2. The van der Waals surface area contributed by atoms with Crippen LogP contribution in [0.15, 0.2) is 42.7 Å². The van der Waals surface area contributed by atoms with Gasteiger partial charge >= 0.3 is 0 Å². The van der Waals surface area contributed by atoms with E-state index in [2.05, 4.69) is 14.9 Å². The Morgan fingerprint density at radius 3 is 2.52 bits per heavy atom. The fraction of sp³-hybridized carbons (Fsp3) is 0.389. The molecule has 0 unspecified atom stereocenters. The molecule has 0 bridgehead atoms. The van der Waals surface area contributed by atoms with Crippen molar-refractivity contribution in [3.8, 4) is 0 Å². The van der Waals surface area contributed by atoms with Crippen LogP contribution in [0.2, 0.25) is 0 Å². The van der Waals surface area contributed by atoms with Crippen molar-refractivity contribution >= 4 is 17.5 Å². The number of carbonyl (C=O) groups is 1. The molecule has 2 atom stereocenters. The van der Waals surface area contributed by atoms with Gasteiger partial charge in [-0.2, -0.15) is 0 Å². The third-order valence-electron chi connectivity index (χ3n) is 4.82. The Kier molecular flexibility index (Phi) is 3.48. The topological polar surface area (TPSA) is 49.3 Å². The summed E-state index contributed by atoms with van der Waals surface area (Å²) in [5.74, 6) is 1.01. The monoisotopic (exact) mass is 308 g/mol. The van der Waals surface area contributed by atoms with E-state index >= 15 is 0 Å². The van der Waals surface area contributed by atoms with Gasteiger partial charge in [-0.25, -0.2) is 9.97 Å². The second-order valence-electron chi connectivity index (χ2n) is 6.32. The molecule has 0 N–H and O–H groups in total. The predicted octanol–water partition coefficient (Wildman–Crippen LogP) is 2.56. The van der Waals surface area contributed by atoms with E-state index in [1.807, 2.05) is 54.5 Å². The largest absolute Gasteiger partial charge is 0.336 e. The Morgan fingerprint density at radius 2 is 1.78 bits per heavy atom. The summed E-state index contributed by atoms with van der Waals surface area (Å²) in [5, 5.41) is 0. The molecule has 0 saturated carbocycles. The van der Waals surface area contributed by atoms with E-state index in [1.165, 1.54) is 0 Å². The third kappa shape index (κ3) is 2.46. The van der Waals surface area contributed by atoms with Crippen LogP contribution in [0.4, 0.5) is 11.6 Å². The summed E-state index contributed by atoms with van der Waals surface area (Å²) in [6.07, 6.45) is 6.14. The average Bonchev–Trinajstić information content (AvgIpc) is 3.00. The van der Waals surface area contributed by atoms with Crippen LogP contribution in [0.1, 0.15) is 24.8 Å². The molecule has 118 valence electrons. The van der Waals surface area contributed by atoms with Crippen LogP contribution in [0, 0.1) is 6.92 Å². The minimum absolute atomic E-state index is 0.212. The molecule has 0 aliphatic carbocycles.